The Bertz CT molecular complexity index is 408. The SMILES string of the molecule is CC1(C)CSCC(Nc2ccc(O)c(Cl)c2)C1. The second-order valence-electron chi connectivity index (χ2n) is 5.39. The van der Waals surface area contributed by atoms with Gasteiger partial charge in [-0.1, -0.05) is 25.4 Å². The van der Waals surface area contributed by atoms with Crippen LogP contribution in [0.2, 0.25) is 5.02 Å². The normalized spacial score (nSPS) is 23.4. The molecule has 94 valence electrons. The molecule has 1 fully saturated rings. The molecule has 2 nitrogen and oxygen atoms in total. The summed E-state index contributed by atoms with van der Waals surface area (Å²) in [6.07, 6.45) is 1.17. The number of thioether (sulfide) groups is 1. The van der Waals surface area contributed by atoms with Gasteiger partial charge in [-0.3, -0.25) is 0 Å². The summed E-state index contributed by atoms with van der Waals surface area (Å²) in [6, 6.07) is 5.76. The second-order valence-corrected chi connectivity index (χ2v) is 6.83. The van der Waals surface area contributed by atoms with E-state index in [1.165, 1.54) is 12.2 Å². The topological polar surface area (TPSA) is 32.3 Å². The predicted octanol–water partition coefficient (Wildman–Crippen LogP) is 3.99. The molecule has 1 heterocycles. The van der Waals surface area contributed by atoms with Crippen LogP contribution in [-0.2, 0) is 0 Å². The third kappa shape index (κ3) is 3.46. The molecule has 4 heteroatoms. The number of nitrogens with one attached hydrogen (secondary N) is 1. The monoisotopic (exact) mass is 271 g/mol. The number of phenolic OH excluding ortho intramolecular Hbond substituents is 1. The van der Waals surface area contributed by atoms with Crippen molar-refractivity contribution in [3.8, 4) is 5.75 Å². The highest BCUT2D eigenvalue weighted by atomic mass is 35.5. The van der Waals surface area contributed by atoms with E-state index in [0.717, 1.165) is 11.4 Å². The molecule has 0 aromatic heterocycles. The molecule has 2 rings (SSSR count). The van der Waals surface area contributed by atoms with Crippen LogP contribution in [0.1, 0.15) is 20.3 Å². The van der Waals surface area contributed by atoms with Crippen LogP contribution in [0.25, 0.3) is 0 Å². The zero-order valence-electron chi connectivity index (χ0n) is 10.2. The van der Waals surface area contributed by atoms with Gasteiger partial charge in [-0.05, 0) is 35.8 Å². The fraction of sp³-hybridized carbons (Fsp3) is 0.538. The molecule has 17 heavy (non-hydrogen) atoms. The molecule has 1 unspecified atom stereocenters. The number of hydrogen-bond donors (Lipinski definition) is 2. The minimum Gasteiger partial charge on any atom is -0.506 e. The zero-order chi connectivity index (χ0) is 12.5. The first-order valence-electron chi connectivity index (χ1n) is 5.79. The van der Waals surface area contributed by atoms with Crippen LogP contribution >= 0.6 is 23.4 Å². The number of hydrogen-bond acceptors (Lipinski definition) is 3. The van der Waals surface area contributed by atoms with Gasteiger partial charge in [-0.15, -0.1) is 0 Å². The molecule has 1 aliphatic heterocycles. The lowest BCUT2D eigenvalue weighted by molar-refractivity contribution is 0.358. The molecule has 1 aliphatic rings. The smallest absolute Gasteiger partial charge is 0.134 e. The number of anilines is 1. The first kappa shape index (κ1) is 12.9. The summed E-state index contributed by atoms with van der Waals surface area (Å²) in [5.74, 6) is 2.49. The summed E-state index contributed by atoms with van der Waals surface area (Å²) < 4.78 is 0. The Hall–Kier alpha value is -0.540. The van der Waals surface area contributed by atoms with Crippen LogP contribution in [0.3, 0.4) is 0 Å². The van der Waals surface area contributed by atoms with Crippen molar-refractivity contribution in [3.05, 3.63) is 23.2 Å². The van der Waals surface area contributed by atoms with Gasteiger partial charge in [0.2, 0.25) is 0 Å². The number of benzene rings is 1. The van der Waals surface area contributed by atoms with Crippen LogP contribution in [-0.4, -0.2) is 22.7 Å². The van der Waals surface area contributed by atoms with Crippen molar-refractivity contribution in [2.75, 3.05) is 16.8 Å². The van der Waals surface area contributed by atoms with E-state index in [9.17, 15) is 5.11 Å². The molecule has 0 spiro atoms. The first-order chi connectivity index (χ1) is 7.96. The lowest BCUT2D eigenvalue weighted by atomic mass is 9.88. The maximum atomic E-state index is 9.37. The zero-order valence-corrected chi connectivity index (χ0v) is 11.7. The van der Waals surface area contributed by atoms with Crippen LogP contribution in [0.4, 0.5) is 5.69 Å². The van der Waals surface area contributed by atoms with E-state index in [4.69, 9.17) is 11.6 Å². The maximum absolute atomic E-state index is 9.37. The average molecular weight is 272 g/mol. The van der Waals surface area contributed by atoms with Crippen molar-refractivity contribution >= 4 is 29.1 Å². The standard InChI is InChI=1S/C13H18ClNOS/c1-13(2)6-10(7-17-8-13)15-9-3-4-12(16)11(14)5-9/h3-5,10,15-16H,6-8H2,1-2H3. The largest absolute Gasteiger partial charge is 0.506 e. The molecule has 1 saturated heterocycles. The molecule has 2 N–H and O–H groups in total. The van der Waals surface area contributed by atoms with Crippen LogP contribution in [0.15, 0.2) is 18.2 Å². The maximum Gasteiger partial charge on any atom is 0.134 e. The second kappa shape index (κ2) is 4.99. The number of halogens is 1. The van der Waals surface area contributed by atoms with Crippen molar-refractivity contribution in [2.45, 2.75) is 26.3 Å². The molecular formula is C13H18ClNOS. The third-order valence-electron chi connectivity index (χ3n) is 2.93. The Morgan fingerprint density at radius 1 is 1.47 bits per heavy atom. The van der Waals surface area contributed by atoms with Gasteiger partial charge in [0.1, 0.15) is 5.75 Å². The molecule has 1 aromatic carbocycles. The van der Waals surface area contributed by atoms with Crippen LogP contribution in [0, 0.1) is 5.41 Å². The van der Waals surface area contributed by atoms with Gasteiger partial charge in [0, 0.05) is 17.5 Å². The van der Waals surface area contributed by atoms with E-state index in [1.54, 1.807) is 12.1 Å². The summed E-state index contributed by atoms with van der Waals surface area (Å²) in [4.78, 5) is 0. The molecule has 0 bridgehead atoms. The molecule has 0 amide bonds. The number of phenols is 1. The lowest BCUT2D eigenvalue weighted by Crippen LogP contribution is -2.35. The Labute approximate surface area is 112 Å². The van der Waals surface area contributed by atoms with Gasteiger partial charge in [-0.2, -0.15) is 11.8 Å². The number of rotatable bonds is 2. The Balaban J connectivity index is 2.03. The van der Waals surface area contributed by atoms with E-state index >= 15 is 0 Å². The van der Waals surface area contributed by atoms with Crippen LogP contribution in [0.5, 0.6) is 5.75 Å². The van der Waals surface area contributed by atoms with Gasteiger partial charge < -0.3 is 10.4 Å². The quantitative estimate of drug-likeness (QED) is 0.798. The van der Waals surface area contributed by atoms with Gasteiger partial charge in [0.25, 0.3) is 0 Å². The van der Waals surface area contributed by atoms with E-state index < -0.39 is 0 Å². The first-order valence-corrected chi connectivity index (χ1v) is 7.32. The molecular weight excluding hydrogens is 254 g/mol. The van der Waals surface area contributed by atoms with Crippen molar-refractivity contribution < 1.29 is 5.11 Å². The average Bonchev–Trinajstić information content (AvgIpc) is 2.22. The third-order valence-corrected chi connectivity index (χ3v) is 4.86. The van der Waals surface area contributed by atoms with Crippen LogP contribution < -0.4 is 5.32 Å². The van der Waals surface area contributed by atoms with E-state index in [0.29, 0.717) is 16.5 Å². The summed E-state index contributed by atoms with van der Waals surface area (Å²) in [6.45, 7) is 4.61. The van der Waals surface area contributed by atoms with E-state index in [-0.39, 0.29) is 5.75 Å². The van der Waals surface area contributed by atoms with Gasteiger partial charge >= 0.3 is 0 Å². The highest BCUT2D eigenvalue weighted by molar-refractivity contribution is 7.99. The van der Waals surface area contributed by atoms with Gasteiger partial charge in [0.05, 0.1) is 5.02 Å². The number of aromatic hydroxyl groups is 1. The minimum atomic E-state index is 0.135. The van der Waals surface area contributed by atoms with Crippen molar-refractivity contribution in [1.82, 2.24) is 0 Å². The van der Waals surface area contributed by atoms with E-state index in [1.807, 2.05) is 17.8 Å². The minimum absolute atomic E-state index is 0.135. The predicted molar refractivity (Wildman–Crippen MR) is 76.3 cm³/mol. The highest BCUT2D eigenvalue weighted by Crippen LogP contribution is 2.35. The highest BCUT2D eigenvalue weighted by Gasteiger charge is 2.28. The molecule has 0 radical (unpaired) electrons. The summed E-state index contributed by atoms with van der Waals surface area (Å²) >= 11 is 7.88. The van der Waals surface area contributed by atoms with Crippen molar-refractivity contribution in [2.24, 2.45) is 5.41 Å². The molecule has 1 atom stereocenters. The molecule has 0 saturated carbocycles. The summed E-state index contributed by atoms with van der Waals surface area (Å²) in [5, 5.41) is 13.3. The Kier molecular flexibility index (Phi) is 3.79. The Morgan fingerprint density at radius 2 is 2.24 bits per heavy atom. The fourth-order valence-corrected chi connectivity index (χ4v) is 3.64. The van der Waals surface area contributed by atoms with Gasteiger partial charge in [-0.25, -0.2) is 0 Å². The molecule has 0 aliphatic carbocycles. The van der Waals surface area contributed by atoms with Gasteiger partial charge in [0.15, 0.2) is 0 Å². The molecule has 1 aromatic rings. The fourth-order valence-electron chi connectivity index (χ4n) is 2.19. The Morgan fingerprint density at radius 3 is 2.88 bits per heavy atom. The summed E-state index contributed by atoms with van der Waals surface area (Å²) in [7, 11) is 0. The van der Waals surface area contributed by atoms with Crippen molar-refractivity contribution in [3.63, 3.8) is 0 Å². The lowest BCUT2D eigenvalue weighted by Gasteiger charge is -2.35. The van der Waals surface area contributed by atoms with E-state index in [2.05, 4.69) is 19.2 Å². The summed E-state index contributed by atoms with van der Waals surface area (Å²) in [5.41, 5.74) is 1.37. The van der Waals surface area contributed by atoms with Crippen molar-refractivity contribution in [1.29, 1.82) is 0 Å².